The SMILES string of the molecule is O=C(Cc1ccccc1)NC(=O)NCN1CCCCC1. The van der Waals surface area contributed by atoms with E-state index in [-0.39, 0.29) is 12.3 Å². The van der Waals surface area contributed by atoms with Crippen LogP contribution in [0.4, 0.5) is 4.79 Å². The van der Waals surface area contributed by atoms with Gasteiger partial charge in [-0.25, -0.2) is 4.79 Å². The van der Waals surface area contributed by atoms with Gasteiger partial charge in [0.05, 0.1) is 13.1 Å². The summed E-state index contributed by atoms with van der Waals surface area (Å²) < 4.78 is 0. The van der Waals surface area contributed by atoms with Crippen molar-refractivity contribution in [2.75, 3.05) is 19.8 Å². The third kappa shape index (κ3) is 5.01. The van der Waals surface area contributed by atoms with Crippen LogP contribution < -0.4 is 10.6 Å². The number of amides is 3. The van der Waals surface area contributed by atoms with Crippen LogP contribution in [0.25, 0.3) is 0 Å². The fourth-order valence-electron chi connectivity index (χ4n) is 2.30. The summed E-state index contributed by atoms with van der Waals surface area (Å²) in [4.78, 5) is 25.5. The summed E-state index contributed by atoms with van der Waals surface area (Å²) in [5, 5.41) is 5.08. The van der Waals surface area contributed by atoms with E-state index < -0.39 is 6.03 Å². The lowest BCUT2D eigenvalue weighted by molar-refractivity contribution is -0.119. The molecule has 108 valence electrons. The number of carbonyl (C=O) groups excluding carboxylic acids is 2. The van der Waals surface area contributed by atoms with Crippen LogP contribution >= 0.6 is 0 Å². The van der Waals surface area contributed by atoms with Crippen LogP contribution in [0.1, 0.15) is 24.8 Å². The number of likely N-dealkylation sites (tertiary alicyclic amines) is 1. The van der Waals surface area contributed by atoms with Gasteiger partial charge in [0.1, 0.15) is 0 Å². The van der Waals surface area contributed by atoms with E-state index in [1.54, 1.807) is 0 Å². The van der Waals surface area contributed by atoms with Gasteiger partial charge in [0, 0.05) is 0 Å². The topological polar surface area (TPSA) is 61.4 Å². The Morgan fingerprint density at radius 3 is 2.45 bits per heavy atom. The van der Waals surface area contributed by atoms with E-state index in [4.69, 9.17) is 0 Å². The zero-order valence-corrected chi connectivity index (χ0v) is 11.6. The molecule has 0 spiro atoms. The molecule has 0 atom stereocenters. The minimum absolute atomic E-state index is 0.220. The van der Waals surface area contributed by atoms with Crippen LogP contribution in [0.2, 0.25) is 0 Å². The maximum absolute atomic E-state index is 11.7. The summed E-state index contributed by atoms with van der Waals surface area (Å²) in [5.74, 6) is -0.285. The van der Waals surface area contributed by atoms with Crippen molar-refractivity contribution in [1.29, 1.82) is 0 Å². The normalized spacial score (nSPS) is 15.6. The largest absolute Gasteiger partial charge is 0.325 e. The zero-order valence-electron chi connectivity index (χ0n) is 11.6. The lowest BCUT2D eigenvalue weighted by atomic mass is 10.1. The number of carbonyl (C=O) groups is 2. The minimum Gasteiger partial charge on any atom is -0.325 e. The monoisotopic (exact) mass is 275 g/mol. The first-order valence-electron chi connectivity index (χ1n) is 7.08. The van der Waals surface area contributed by atoms with E-state index >= 15 is 0 Å². The van der Waals surface area contributed by atoms with Crippen molar-refractivity contribution in [3.05, 3.63) is 35.9 Å². The Hall–Kier alpha value is -1.88. The average Bonchev–Trinajstić information content (AvgIpc) is 2.47. The Bertz CT molecular complexity index is 442. The number of piperidine rings is 1. The molecule has 0 unspecified atom stereocenters. The molecular formula is C15H21N3O2. The van der Waals surface area contributed by atoms with Gasteiger partial charge in [-0.1, -0.05) is 36.8 Å². The van der Waals surface area contributed by atoms with Crippen LogP contribution in [-0.4, -0.2) is 36.6 Å². The maximum atomic E-state index is 11.7. The van der Waals surface area contributed by atoms with E-state index in [0.29, 0.717) is 6.67 Å². The highest BCUT2D eigenvalue weighted by Gasteiger charge is 2.12. The molecule has 1 heterocycles. The van der Waals surface area contributed by atoms with Crippen LogP contribution in [0.5, 0.6) is 0 Å². The predicted octanol–water partition coefficient (Wildman–Crippen LogP) is 1.50. The molecule has 0 bridgehead atoms. The molecule has 1 aliphatic rings. The smallest absolute Gasteiger partial charge is 0.322 e. The van der Waals surface area contributed by atoms with Crippen molar-refractivity contribution in [2.24, 2.45) is 0 Å². The molecule has 0 aliphatic carbocycles. The molecule has 1 aliphatic heterocycles. The van der Waals surface area contributed by atoms with Crippen molar-refractivity contribution >= 4 is 11.9 Å². The third-order valence-electron chi connectivity index (χ3n) is 3.37. The Kier molecular flexibility index (Phi) is 5.55. The predicted molar refractivity (Wildman–Crippen MR) is 77.1 cm³/mol. The Morgan fingerprint density at radius 2 is 1.75 bits per heavy atom. The van der Waals surface area contributed by atoms with Gasteiger partial charge in [-0.05, 0) is 31.5 Å². The first kappa shape index (κ1) is 14.5. The Labute approximate surface area is 119 Å². The maximum Gasteiger partial charge on any atom is 0.322 e. The number of benzene rings is 1. The molecule has 2 N–H and O–H groups in total. The highest BCUT2D eigenvalue weighted by atomic mass is 16.2. The molecular weight excluding hydrogens is 254 g/mol. The van der Waals surface area contributed by atoms with Gasteiger partial charge in [0.2, 0.25) is 5.91 Å². The molecule has 3 amide bonds. The average molecular weight is 275 g/mol. The molecule has 20 heavy (non-hydrogen) atoms. The van der Waals surface area contributed by atoms with Gasteiger partial charge in [0.25, 0.3) is 0 Å². The summed E-state index contributed by atoms with van der Waals surface area (Å²) in [6, 6.07) is 8.96. The Morgan fingerprint density at radius 1 is 1.05 bits per heavy atom. The van der Waals surface area contributed by atoms with Crippen LogP contribution in [0.15, 0.2) is 30.3 Å². The fourth-order valence-corrected chi connectivity index (χ4v) is 2.30. The van der Waals surface area contributed by atoms with Crippen molar-refractivity contribution in [1.82, 2.24) is 15.5 Å². The van der Waals surface area contributed by atoms with E-state index in [1.807, 2.05) is 30.3 Å². The first-order chi connectivity index (χ1) is 9.74. The number of urea groups is 1. The molecule has 1 aromatic rings. The number of imide groups is 1. The third-order valence-corrected chi connectivity index (χ3v) is 3.37. The molecule has 0 aromatic heterocycles. The molecule has 1 fully saturated rings. The summed E-state index contributed by atoms with van der Waals surface area (Å²) in [7, 11) is 0. The number of nitrogens with one attached hydrogen (secondary N) is 2. The van der Waals surface area contributed by atoms with Crippen LogP contribution in [0, 0.1) is 0 Å². The van der Waals surface area contributed by atoms with Gasteiger partial charge in [-0.2, -0.15) is 0 Å². The summed E-state index contributed by atoms with van der Waals surface area (Å²) in [6.45, 7) is 2.53. The van der Waals surface area contributed by atoms with Crippen LogP contribution in [0.3, 0.4) is 0 Å². The fraction of sp³-hybridized carbons (Fsp3) is 0.467. The van der Waals surface area contributed by atoms with Crippen LogP contribution in [-0.2, 0) is 11.2 Å². The zero-order chi connectivity index (χ0) is 14.2. The molecule has 1 saturated heterocycles. The lowest BCUT2D eigenvalue weighted by Crippen LogP contribution is -2.46. The summed E-state index contributed by atoms with van der Waals surface area (Å²) in [5.41, 5.74) is 0.897. The Balaban J connectivity index is 1.67. The van der Waals surface area contributed by atoms with Gasteiger partial charge in [0.15, 0.2) is 0 Å². The molecule has 0 saturated carbocycles. The van der Waals surface area contributed by atoms with Gasteiger partial charge < -0.3 is 5.32 Å². The minimum atomic E-state index is -0.420. The van der Waals surface area contributed by atoms with Crippen molar-refractivity contribution in [3.63, 3.8) is 0 Å². The molecule has 5 nitrogen and oxygen atoms in total. The number of hydrogen-bond acceptors (Lipinski definition) is 3. The second kappa shape index (κ2) is 7.65. The second-order valence-corrected chi connectivity index (χ2v) is 5.05. The lowest BCUT2D eigenvalue weighted by Gasteiger charge is -2.26. The first-order valence-corrected chi connectivity index (χ1v) is 7.08. The number of hydrogen-bond donors (Lipinski definition) is 2. The number of rotatable bonds is 4. The molecule has 5 heteroatoms. The van der Waals surface area contributed by atoms with Gasteiger partial charge in [-0.15, -0.1) is 0 Å². The van der Waals surface area contributed by atoms with E-state index in [1.165, 1.54) is 19.3 Å². The van der Waals surface area contributed by atoms with E-state index in [2.05, 4.69) is 15.5 Å². The standard InChI is InChI=1S/C15H21N3O2/c19-14(11-13-7-3-1-4-8-13)17-15(20)16-12-18-9-5-2-6-10-18/h1,3-4,7-8H,2,5-6,9-12H2,(H2,16,17,19,20). The van der Waals surface area contributed by atoms with Gasteiger partial charge >= 0.3 is 6.03 Å². The highest BCUT2D eigenvalue weighted by Crippen LogP contribution is 2.06. The molecule has 2 rings (SSSR count). The molecule has 1 aromatic carbocycles. The molecule has 0 radical (unpaired) electrons. The van der Waals surface area contributed by atoms with E-state index in [0.717, 1.165) is 18.7 Å². The highest BCUT2D eigenvalue weighted by molar-refractivity contribution is 5.95. The van der Waals surface area contributed by atoms with Crippen molar-refractivity contribution in [3.8, 4) is 0 Å². The summed E-state index contributed by atoms with van der Waals surface area (Å²) >= 11 is 0. The van der Waals surface area contributed by atoms with Gasteiger partial charge in [-0.3, -0.25) is 15.0 Å². The van der Waals surface area contributed by atoms with E-state index in [9.17, 15) is 9.59 Å². The van der Waals surface area contributed by atoms with Crippen molar-refractivity contribution in [2.45, 2.75) is 25.7 Å². The number of nitrogens with zero attached hydrogens (tertiary/aromatic N) is 1. The van der Waals surface area contributed by atoms with Crippen molar-refractivity contribution < 1.29 is 9.59 Å². The quantitative estimate of drug-likeness (QED) is 0.875. The summed E-state index contributed by atoms with van der Waals surface area (Å²) in [6.07, 6.45) is 3.84. The second-order valence-electron chi connectivity index (χ2n) is 5.05.